The van der Waals surface area contributed by atoms with Gasteiger partial charge in [0.05, 0.1) is 25.1 Å². The molecule has 0 amide bonds. The number of hydrogen-bond donors (Lipinski definition) is 1. The number of sulfonamides is 2. The molecule has 22 heavy (non-hydrogen) atoms. The topological polar surface area (TPSA) is 102 Å². The van der Waals surface area contributed by atoms with Gasteiger partial charge in [0, 0.05) is 0 Å². The molecule has 0 aromatic heterocycles. The lowest BCUT2D eigenvalue weighted by Crippen LogP contribution is -2.41. The average Bonchev–Trinajstić information content (AvgIpc) is 3.13. The summed E-state index contributed by atoms with van der Waals surface area (Å²) in [5.41, 5.74) is -5.66. The number of rotatable bonds is 10. The molecular formula is C10H18F3NO6S2. The Hall–Kier alpha value is -0.430. The summed E-state index contributed by atoms with van der Waals surface area (Å²) in [6, 6.07) is 0. The standard InChI is InChI=1S/C10H18F3NO6S2/c1-8(19-6-9-7-20-9)4-2-3-5-21(15,16)14-22(17,18)10(11,12)13/h8-9,14H,2-7H2,1H3/t8?,9-/m0/s1. The van der Waals surface area contributed by atoms with Crippen LogP contribution in [0.15, 0.2) is 0 Å². The molecule has 1 heterocycles. The number of nitrogens with one attached hydrogen (secondary N) is 1. The quantitative estimate of drug-likeness (QED) is 0.450. The fourth-order valence-electron chi connectivity index (χ4n) is 1.50. The lowest BCUT2D eigenvalue weighted by molar-refractivity contribution is -0.0441. The molecule has 1 saturated heterocycles. The van der Waals surface area contributed by atoms with Gasteiger partial charge in [-0.3, -0.25) is 0 Å². The Morgan fingerprint density at radius 1 is 1.27 bits per heavy atom. The van der Waals surface area contributed by atoms with Gasteiger partial charge in [0.1, 0.15) is 6.10 Å². The molecule has 0 saturated carbocycles. The Morgan fingerprint density at radius 2 is 1.86 bits per heavy atom. The van der Waals surface area contributed by atoms with Gasteiger partial charge in [-0.25, -0.2) is 16.8 Å². The predicted molar refractivity (Wildman–Crippen MR) is 70.9 cm³/mol. The third-order valence-corrected chi connectivity index (χ3v) is 6.11. The van der Waals surface area contributed by atoms with E-state index in [2.05, 4.69) is 0 Å². The van der Waals surface area contributed by atoms with Crippen LogP contribution >= 0.6 is 0 Å². The lowest BCUT2D eigenvalue weighted by Gasteiger charge is -2.12. The minimum atomic E-state index is -5.90. The van der Waals surface area contributed by atoms with Crippen LogP contribution < -0.4 is 4.13 Å². The van der Waals surface area contributed by atoms with Crippen molar-refractivity contribution in [3.63, 3.8) is 0 Å². The van der Waals surface area contributed by atoms with Crippen molar-refractivity contribution in [3.8, 4) is 0 Å². The molecule has 0 aliphatic carbocycles. The maximum Gasteiger partial charge on any atom is 0.512 e. The van der Waals surface area contributed by atoms with E-state index >= 15 is 0 Å². The van der Waals surface area contributed by atoms with Crippen molar-refractivity contribution in [1.82, 2.24) is 4.13 Å². The van der Waals surface area contributed by atoms with E-state index in [1.165, 1.54) is 0 Å². The third kappa shape index (κ3) is 7.22. The van der Waals surface area contributed by atoms with E-state index in [0.29, 0.717) is 30.2 Å². The molecule has 132 valence electrons. The molecule has 1 aliphatic rings. The first-order valence-electron chi connectivity index (χ1n) is 6.49. The second-order valence-corrected chi connectivity index (χ2v) is 8.72. The summed E-state index contributed by atoms with van der Waals surface area (Å²) in [6.45, 7) is 2.89. The molecule has 0 aromatic rings. The highest BCUT2D eigenvalue weighted by molar-refractivity contribution is 8.05. The van der Waals surface area contributed by atoms with Crippen LogP contribution in [0, 0.1) is 0 Å². The first kappa shape index (κ1) is 19.6. The maximum atomic E-state index is 12.1. The van der Waals surface area contributed by atoms with Crippen molar-refractivity contribution in [2.24, 2.45) is 0 Å². The van der Waals surface area contributed by atoms with Gasteiger partial charge >= 0.3 is 15.5 Å². The minimum absolute atomic E-state index is 0.0241. The Balaban J connectivity index is 2.27. The molecule has 1 unspecified atom stereocenters. The van der Waals surface area contributed by atoms with Crippen LogP contribution in [0.1, 0.15) is 26.2 Å². The monoisotopic (exact) mass is 369 g/mol. The zero-order chi connectivity index (χ0) is 17.0. The molecule has 2 atom stereocenters. The zero-order valence-electron chi connectivity index (χ0n) is 11.8. The molecule has 0 bridgehead atoms. The van der Waals surface area contributed by atoms with Crippen molar-refractivity contribution in [3.05, 3.63) is 0 Å². The van der Waals surface area contributed by atoms with E-state index in [1.54, 1.807) is 6.92 Å². The molecule has 1 rings (SSSR count). The smallest absolute Gasteiger partial charge is 0.376 e. The Bertz CT molecular complexity index is 556. The molecule has 0 radical (unpaired) electrons. The number of halogens is 3. The highest BCUT2D eigenvalue weighted by atomic mass is 32.3. The lowest BCUT2D eigenvalue weighted by atomic mass is 10.2. The SMILES string of the molecule is CC(CCCCS(=O)(=O)NS(=O)(=O)C(F)(F)F)OC[C@H]1CO1. The summed E-state index contributed by atoms with van der Waals surface area (Å²) in [5, 5.41) is 0. The van der Waals surface area contributed by atoms with Crippen molar-refractivity contribution in [1.29, 1.82) is 0 Å². The highest BCUT2D eigenvalue weighted by Crippen LogP contribution is 2.22. The molecular weight excluding hydrogens is 351 g/mol. The van der Waals surface area contributed by atoms with Gasteiger partial charge < -0.3 is 9.47 Å². The Morgan fingerprint density at radius 3 is 2.36 bits per heavy atom. The second kappa shape index (κ2) is 7.43. The Kier molecular flexibility index (Phi) is 6.62. The van der Waals surface area contributed by atoms with E-state index < -0.39 is 31.3 Å². The first-order chi connectivity index (χ1) is 9.93. The van der Waals surface area contributed by atoms with E-state index in [-0.39, 0.29) is 18.6 Å². The van der Waals surface area contributed by atoms with Gasteiger partial charge in [-0.15, -0.1) is 4.13 Å². The molecule has 7 nitrogen and oxygen atoms in total. The summed E-state index contributed by atoms with van der Waals surface area (Å²) in [7, 11) is -10.5. The average molecular weight is 369 g/mol. The van der Waals surface area contributed by atoms with Crippen LogP contribution in [0.2, 0.25) is 0 Å². The van der Waals surface area contributed by atoms with Gasteiger partial charge in [0.2, 0.25) is 10.0 Å². The minimum Gasteiger partial charge on any atom is -0.376 e. The van der Waals surface area contributed by atoms with Crippen LogP contribution in [0.4, 0.5) is 13.2 Å². The zero-order valence-corrected chi connectivity index (χ0v) is 13.4. The number of hydrogen-bond acceptors (Lipinski definition) is 6. The van der Waals surface area contributed by atoms with Crippen LogP contribution in [0.3, 0.4) is 0 Å². The van der Waals surface area contributed by atoms with Gasteiger partial charge in [-0.2, -0.15) is 13.2 Å². The number of alkyl halides is 3. The van der Waals surface area contributed by atoms with E-state index in [0.717, 1.165) is 0 Å². The first-order valence-corrected chi connectivity index (χ1v) is 9.62. The normalized spacial score (nSPS) is 20.8. The molecule has 1 aliphatic heterocycles. The third-order valence-electron chi connectivity index (χ3n) is 2.78. The number of ether oxygens (including phenoxy) is 2. The van der Waals surface area contributed by atoms with E-state index in [4.69, 9.17) is 9.47 Å². The molecule has 0 spiro atoms. The summed E-state index contributed by atoms with van der Waals surface area (Å²) in [4.78, 5) is 0. The van der Waals surface area contributed by atoms with Gasteiger partial charge in [-0.05, 0) is 26.2 Å². The van der Waals surface area contributed by atoms with Crippen molar-refractivity contribution < 1.29 is 39.5 Å². The summed E-state index contributed by atoms with van der Waals surface area (Å²) >= 11 is 0. The number of epoxide rings is 1. The summed E-state index contributed by atoms with van der Waals surface area (Å²) in [6.07, 6.45) is 0.878. The van der Waals surface area contributed by atoms with Crippen molar-refractivity contribution in [2.45, 2.75) is 43.9 Å². The highest BCUT2D eigenvalue weighted by Gasteiger charge is 2.48. The summed E-state index contributed by atoms with van der Waals surface area (Å²) < 4.78 is 91.3. The van der Waals surface area contributed by atoms with Gasteiger partial charge in [0.25, 0.3) is 0 Å². The molecule has 1 fully saturated rings. The van der Waals surface area contributed by atoms with Crippen LogP contribution in [0.5, 0.6) is 0 Å². The van der Waals surface area contributed by atoms with E-state index in [1.807, 2.05) is 0 Å². The van der Waals surface area contributed by atoms with E-state index in [9.17, 15) is 30.0 Å². The molecule has 1 N–H and O–H groups in total. The molecule has 12 heteroatoms. The van der Waals surface area contributed by atoms with Crippen LogP contribution in [-0.4, -0.2) is 53.5 Å². The fourth-order valence-corrected chi connectivity index (χ4v) is 4.13. The fraction of sp³-hybridized carbons (Fsp3) is 1.00. The second-order valence-electron chi connectivity index (χ2n) is 4.95. The van der Waals surface area contributed by atoms with Crippen molar-refractivity contribution in [2.75, 3.05) is 19.0 Å². The number of unbranched alkanes of at least 4 members (excludes halogenated alkanes) is 1. The maximum absolute atomic E-state index is 12.1. The van der Waals surface area contributed by atoms with Crippen molar-refractivity contribution >= 4 is 20.0 Å². The predicted octanol–water partition coefficient (Wildman–Crippen LogP) is 0.730. The van der Waals surface area contributed by atoms with Gasteiger partial charge in [-0.1, -0.05) is 0 Å². The van der Waals surface area contributed by atoms with Crippen LogP contribution in [0.25, 0.3) is 0 Å². The van der Waals surface area contributed by atoms with Gasteiger partial charge in [0.15, 0.2) is 0 Å². The largest absolute Gasteiger partial charge is 0.512 e. The Labute approximate surface area is 127 Å². The molecule has 0 aromatic carbocycles. The summed E-state index contributed by atoms with van der Waals surface area (Å²) in [5.74, 6) is -0.708. The van der Waals surface area contributed by atoms with Crippen LogP contribution in [-0.2, 0) is 29.5 Å².